The molecule has 0 aromatic heterocycles. The zero-order valence-electron chi connectivity index (χ0n) is 10.7. The van der Waals surface area contributed by atoms with Gasteiger partial charge in [0.2, 0.25) is 0 Å². The van der Waals surface area contributed by atoms with E-state index in [0.717, 1.165) is 12.8 Å². The summed E-state index contributed by atoms with van der Waals surface area (Å²) in [5, 5.41) is 0. The van der Waals surface area contributed by atoms with Gasteiger partial charge in [0, 0.05) is 6.54 Å². The van der Waals surface area contributed by atoms with E-state index < -0.39 is 0 Å². The van der Waals surface area contributed by atoms with E-state index in [-0.39, 0.29) is 17.5 Å². The third-order valence-electron chi connectivity index (χ3n) is 3.31. The van der Waals surface area contributed by atoms with Crippen LogP contribution in [0.2, 0.25) is 0 Å². The van der Waals surface area contributed by atoms with Gasteiger partial charge in [-0.25, -0.2) is 0 Å². The summed E-state index contributed by atoms with van der Waals surface area (Å²) in [6.45, 7) is 10.5. The largest absolute Gasteiger partial charge is 0.459 e. The first-order valence-corrected chi connectivity index (χ1v) is 5.86. The van der Waals surface area contributed by atoms with Gasteiger partial charge >= 0.3 is 5.97 Å². The minimum Gasteiger partial charge on any atom is -0.459 e. The number of carbonyl (C=O) groups is 1. The predicted octanol–water partition coefficient (Wildman–Crippen LogP) is 2.34. The Bertz CT molecular complexity index is 198. The fourth-order valence-corrected chi connectivity index (χ4v) is 1.73. The van der Waals surface area contributed by atoms with Crippen LogP contribution in [0.3, 0.4) is 0 Å². The van der Waals surface area contributed by atoms with Crippen molar-refractivity contribution >= 4 is 5.97 Å². The van der Waals surface area contributed by atoms with Crippen LogP contribution in [0.15, 0.2) is 0 Å². The summed E-state index contributed by atoms with van der Waals surface area (Å²) in [5.74, 6) is -0.0439. The van der Waals surface area contributed by atoms with Crippen molar-refractivity contribution in [2.24, 2.45) is 17.6 Å². The molecule has 0 rings (SSSR count). The second-order valence-corrected chi connectivity index (χ2v) is 4.48. The zero-order valence-corrected chi connectivity index (χ0v) is 10.7. The van der Waals surface area contributed by atoms with Gasteiger partial charge in [0.15, 0.2) is 0 Å². The van der Waals surface area contributed by atoms with E-state index in [1.165, 1.54) is 0 Å². The summed E-state index contributed by atoms with van der Waals surface area (Å²) in [6, 6.07) is 0. The normalized spacial score (nSPS) is 14.1. The lowest BCUT2D eigenvalue weighted by atomic mass is 9.85. The molecule has 15 heavy (non-hydrogen) atoms. The average molecular weight is 215 g/mol. The fraction of sp³-hybridized carbons (Fsp3) is 0.917. The van der Waals surface area contributed by atoms with Crippen LogP contribution in [0, 0.1) is 11.8 Å². The van der Waals surface area contributed by atoms with Gasteiger partial charge in [-0.15, -0.1) is 0 Å². The summed E-state index contributed by atoms with van der Waals surface area (Å²) in [4.78, 5) is 11.7. The van der Waals surface area contributed by atoms with E-state index in [1.807, 2.05) is 0 Å². The quantitative estimate of drug-likeness (QED) is 0.692. The molecule has 1 atom stereocenters. The topological polar surface area (TPSA) is 52.3 Å². The SMILES string of the molecule is CCC(CC)(OC(=O)C(C)CN)C(C)C. The Kier molecular flexibility index (Phi) is 5.88. The van der Waals surface area contributed by atoms with E-state index in [2.05, 4.69) is 27.7 Å². The van der Waals surface area contributed by atoms with Gasteiger partial charge in [-0.2, -0.15) is 0 Å². The second kappa shape index (κ2) is 6.11. The van der Waals surface area contributed by atoms with Crippen molar-refractivity contribution in [2.75, 3.05) is 6.54 Å². The third-order valence-corrected chi connectivity index (χ3v) is 3.31. The number of ether oxygens (including phenoxy) is 1. The van der Waals surface area contributed by atoms with E-state index in [9.17, 15) is 4.79 Å². The van der Waals surface area contributed by atoms with Crippen LogP contribution < -0.4 is 5.73 Å². The molecule has 0 saturated carbocycles. The average Bonchev–Trinajstić information content (AvgIpc) is 2.24. The molecule has 0 aromatic carbocycles. The lowest BCUT2D eigenvalue weighted by Crippen LogP contribution is -2.41. The van der Waals surface area contributed by atoms with E-state index in [4.69, 9.17) is 10.5 Å². The Morgan fingerprint density at radius 3 is 2.00 bits per heavy atom. The molecule has 0 bridgehead atoms. The van der Waals surface area contributed by atoms with Crippen molar-refractivity contribution in [3.8, 4) is 0 Å². The molecule has 2 N–H and O–H groups in total. The maximum Gasteiger partial charge on any atom is 0.310 e. The molecule has 3 nitrogen and oxygen atoms in total. The summed E-state index contributed by atoms with van der Waals surface area (Å²) in [7, 11) is 0. The fourth-order valence-electron chi connectivity index (χ4n) is 1.73. The van der Waals surface area contributed by atoms with Gasteiger partial charge in [-0.05, 0) is 18.8 Å². The Morgan fingerprint density at radius 2 is 1.73 bits per heavy atom. The third kappa shape index (κ3) is 3.49. The van der Waals surface area contributed by atoms with Gasteiger partial charge in [-0.3, -0.25) is 4.79 Å². The number of nitrogens with two attached hydrogens (primary N) is 1. The van der Waals surface area contributed by atoms with E-state index in [0.29, 0.717) is 12.5 Å². The van der Waals surface area contributed by atoms with Gasteiger partial charge in [0.25, 0.3) is 0 Å². The van der Waals surface area contributed by atoms with Crippen LogP contribution in [-0.2, 0) is 9.53 Å². The highest BCUT2D eigenvalue weighted by atomic mass is 16.6. The maximum absolute atomic E-state index is 11.7. The zero-order chi connectivity index (χ0) is 12.1. The second-order valence-electron chi connectivity index (χ2n) is 4.48. The Balaban J connectivity index is 4.61. The minimum absolute atomic E-state index is 0.171. The van der Waals surface area contributed by atoms with Crippen LogP contribution in [0.4, 0.5) is 0 Å². The highest BCUT2D eigenvalue weighted by Gasteiger charge is 2.35. The molecule has 0 aliphatic rings. The van der Waals surface area contributed by atoms with Crippen molar-refractivity contribution in [1.29, 1.82) is 0 Å². The molecule has 0 aliphatic carbocycles. The van der Waals surface area contributed by atoms with Gasteiger partial charge in [0.05, 0.1) is 5.92 Å². The molecule has 3 heteroatoms. The molecule has 0 radical (unpaired) electrons. The number of hydrogen-bond acceptors (Lipinski definition) is 3. The molecular formula is C12H25NO2. The first kappa shape index (κ1) is 14.4. The van der Waals surface area contributed by atoms with Crippen LogP contribution >= 0.6 is 0 Å². The van der Waals surface area contributed by atoms with Gasteiger partial charge < -0.3 is 10.5 Å². The maximum atomic E-state index is 11.7. The number of hydrogen-bond donors (Lipinski definition) is 1. The molecule has 1 unspecified atom stereocenters. The number of rotatable bonds is 6. The molecule has 90 valence electrons. The number of esters is 1. The molecule has 0 aliphatic heterocycles. The summed E-state index contributed by atoms with van der Waals surface area (Å²) in [5.41, 5.74) is 5.13. The molecule has 0 saturated heterocycles. The Hall–Kier alpha value is -0.570. The minimum atomic E-state index is -0.319. The smallest absolute Gasteiger partial charge is 0.310 e. The van der Waals surface area contributed by atoms with Crippen LogP contribution in [-0.4, -0.2) is 18.1 Å². The van der Waals surface area contributed by atoms with Crippen molar-refractivity contribution in [2.45, 2.75) is 53.1 Å². The first-order valence-electron chi connectivity index (χ1n) is 5.86. The summed E-state index contributed by atoms with van der Waals surface area (Å²) in [6.07, 6.45) is 1.70. The molecular weight excluding hydrogens is 190 g/mol. The van der Waals surface area contributed by atoms with Crippen molar-refractivity contribution in [1.82, 2.24) is 0 Å². The van der Waals surface area contributed by atoms with Crippen molar-refractivity contribution in [3.05, 3.63) is 0 Å². The molecule has 0 spiro atoms. The summed E-state index contributed by atoms with van der Waals surface area (Å²) >= 11 is 0. The molecule has 0 amide bonds. The lowest BCUT2D eigenvalue weighted by molar-refractivity contribution is -0.170. The van der Waals surface area contributed by atoms with Gasteiger partial charge in [0.1, 0.15) is 5.60 Å². The highest BCUT2D eigenvalue weighted by molar-refractivity contribution is 5.72. The monoisotopic (exact) mass is 215 g/mol. The van der Waals surface area contributed by atoms with Crippen molar-refractivity contribution in [3.63, 3.8) is 0 Å². The summed E-state index contributed by atoms with van der Waals surface area (Å²) < 4.78 is 5.63. The van der Waals surface area contributed by atoms with Crippen LogP contribution in [0.1, 0.15) is 47.5 Å². The number of carbonyl (C=O) groups excluding carboxylic acids is 1. The molecule has 0 fully saturated rings. The predicted molar refractivity (Wildman–Crippen MR) is 62.5 cm³/mol. The lowest BCUT2D eigenvalue weighted by Gasteiger charge is -2.36. The Labute approximate surface area is 93.4 Å². The molecule has 0 aromatic rings. The van der Waals surface area contributed by atoms with Crippen LogP contribution in [0.5, 0.6) is 0 Å². The van der Waals surface area contributed by atoms with Crippen LogP contribution in [0.25, 0.3) is 0 Å². The van der Waals surface area contributed by atoms with E-state index >= 15 is 0 Å². The first-order chi connectivity index (χ1) is 6.93. The Morgan fingerprint density at radius 1 is 1.27 bits per heavy atom. The van der Waals surface area contributed by atoms with E-state index in [1.54, 1.807) is 6.92 Å². The van der Waals surface area contributed by atoms with Gasteiger partial charge in [-0.1, -0.05) is 34.6 Å². The highest BCUT2D eigenvalue weighted by Crippen LogP contribution is 2.30. The standard InChI is InChI=1S/C12H25NO2/c1-6-12(7-2,9(3)4)15-11(14)10(5)8-13/h9-10H,6-8,13H2,1-5H3. The molecule has 0 heterocycles. The van der Waals surface area contributed by atoms with Crippen molar-refractivity contribution < 1.29 is 9.53 Å².